The largest absolute Gasteiger partial charge is 0.484 e. The number of nitro groups is 1. The number of halogens is 1. The molecule has 0 amide bonds. The molecular formula is C12H15IN2O4. The minimum Gasteiger partial charge on any atom is -0.484 e. The molecule has 1 aromatic carbocycles. The molecule has 2 atom stereocenters. The maximum absolute atomic E-state index is 11.0. The number of nitrogens with zero attached hydrogens (tertiary/aromatic N) is 1. The minimum atomic E-state index is -0.430. The standard InChI is InChI=1S/C12H15IN2O4/c1-8-5-14-6-10(19-8)7-18-12-3-2-9(13)4-11(12)15(16)17/h2-4,8,10,14H,5-7H2,1H3. The molecule has 2 unspecified atom stereocenters. The molecule has 1 N–H and O–H groups in total. The summed E-state index contributed by atoms with van der Waals surface area (Å²) in [6.45, 7) is 3.80. The normalized spacial score (nSPS) is 23.1. The smallest absolute Gasteiger partial charge is 0.311 e. The fourth-order valence-corrected chi connectivity index (χ4v) is 2.38. The highest BCUT2D eigenvalue weighted by molar-refractivity contribution is 14.1. The zero-order valence-corrected chi connectivity index (χ0v) is 12.6. The quantitative estimate of drug-likeness (QED) is 0.493. The lowest BCUT2D eigenvalue weighted by Gasteiger charge is -2.28. The third kappa shape index (κ3) is 4.02. The summed E-state index contributed by atoms with van der Waals surface area (Å²) in [5, 5.41) is 14.2. The lowest BCUT2D eigenvalue weighted by atomic mass is 10.2. The van der Waals surface area contributed by atoms with Gasteiger partial charge in [-0.1, -0.05) is 0 Å². The van der Waals surface area contributed by atoms with Crippen LogP contribution in [-0.2, 0) is 4.74 Å². The Morgan fingerprint density at radius 3 is 3.05 bits per heavy atom. The summed E-state index contributed by atoms with van der Waals surface area (Å²) in [6, 6.07) is 4.91. The second-order valence-corrected chi connectivity index (χ2v) is 5.65. The molecule has 1 fully saturated rings. The lowest BCUT2D eigenvalue weighted by Crippen LogP contribution is -2.45. The fraction of sp³-hybridized carbons (Fsp3) is 0.500. The minimum absolute atomic E-state index is 0.0104. The average Bonchev–Trinajstić information content (AvgIpc) is 2.37. The van der Waals surface area contributed by atoms with Gasteiger partial charge in [-0.2, -0.15) is 0 Å². The molecule has 1 aromatic rings. The van der Waals surface area contributed by atoms with Crippen molar-refractivity contribution >= 4 is 28.3 Å². The number of benzene rings is 1. The first-order valence-corrected chi connectivity index (χ1v) is 7.07. The molecule has 1 heterocycles. The van der Waals surface area contributed by atoms with Crippen LogP contribution in [0.4, 0.5) is 5.69 Å². The lowest BCUT2D eigenvalue weighted by molar-refractivity contribution is -0.386. The van der Waals surface area contributed by atoms with Crippen molar-refractivity contribution in [2.45, 2.75) is 19.1 Å². The molecule has 0 spiro atoms. The Kier molecular flexibility index (Phi) is 4.94. The second-order valence-electron chi connectivity index (χ2n) is 4.41. The van der Waals surface area contributed by atoms with Crippen LogP contribution in [0.1, 0.15) is 6.92 Å². The first-order chi connectivity index (χ1) is 9.06. The molecule has 7 heteroatoms. The second kappa shape index (κ2) is 6.49. The zero-order valence-electron chi connectivity index (χ0n) is 10.5. The van der Waals surface area contributed by atoms with Crippen molar-refractivity contribution in [2.24, 2.45) is 0 Å². The molecule has 0 saturated carbocycles. The molecule has 0 aromatic heterocycles. The highest BCUT2D eigenvalue weighted by Gasteiger charge is 2.21. The number of morpholine rings is 1. The van der Waals surface area contributed by atoms with E-state index in [-0.39, 0.29) is 23.6 Å². The predicted molar refractivity (Wildman–Crippen MR) is 78.5 cm³/mol. The van der Waals surface area contributed by atoms with Gasteiger partial charge in [0.15, 0.2) is 5.75 Å². The number of rotatable bonds is 4. The van der Waals surface area contributed by atoms with Crippen LogP contribution in [0.25, 0.3) is 0 Å². The van der Waals surface area contributed by atoms with Crippen LogP contribution in [-0.4, -0.2) is 36.8 Å². The molecule has 0 aliphatic carbocycles. The Bertz CT molecular complexity index is 469. The van der Waals surface area contributed by atoms with Gasteiger partial charge in [-0.15, -0.1) is 0 Å². The molecule has 2 rings (SSSR count). The monoisotopic (exact) mass is 378 g/mol. The molecule has 0 bridgehead atoms. The van der Waals surface area contributed by atoms with E-state index in [2.05, 4.69) is 5.32 Å². The van der Waals surface area contributed by atoms with E-state index in [4.69, 9.17) is 9.47 Å². The highest BCUT2D eigenvalue weighted by atomic mass is 127. The number of nitrogens with one attached hydrogen (secondary N) is 1. The third-order valence-electron chi connectivity index (χ3n) is 2.77. The summed E-state index contributed by atoms with van der Waals surface area (Å²) in [5.41, 5.74) is -0.0104. The van der Waals surface area contributed by atoms with Crippen LogP contribution in [0, 0.1) is 13.7 Å². The summed E-state index contributed by atoms with van der Waals surface area (Å²) in [6.07, 6.45) is 0.0525. The molecule has 1 aliphatic rings. The van der Waals surface area contributed by atoms with Crippen LogP contribution < -0.4 is 10.1 Å². The van der Waals surface area contributed by atoms with Crippen molar-refractivity contribution in [3.8, 4) is 5.75 Å². The topological polar surface area (TPSA) is 73.6 Å². The van der Waals surface area contributed by atoms with E-state index in [1.54, 1.807) is 12.1 Å². The maximum atomic E-state index is 11.0. The van der Waals surface area contributed by atoms with Crippen molar-refractivity contribution in [3.05, 3.63) is 31.9 Å². The van der Waals surface area contributed by atoms with Gasteiger partial charge in [0.1, 0.15) is 12.7 Å². The van der Waals surface area contributed by atoms with E-state index < -0.39 is 4.92 Å². The van der Waals surface area contributed by atoms with Crippen LogP contribution in [0.3, 0.4) is 0 Å². The Morgan fingerprint density at radius 2 is 2.37 bits per heavy atom. The van der Waals surface area contributed by atoms with Gasteiger partial charge >= 0.3 is 5.69 Å². The molecule has 6 nitrogen and oxygen atoms in total. The van der Waals surface area contributed by atoms with Gasteiger partial charge in [0.05, 0.1) is 11.0 Å². The summed E-state index contributed by atoms with van der Waals surface area (Å²) in [7, 11) is 0. The van der Waals surface area contributed by atoms with Crippen LogP contribution in [0.15, 0.2) is 18.2 Å². The Morgan fingerprint density at radius 1 is 1.58 bits per heavy atom. The van der Waals surface area contributed by atoms with Crippen molar-refractivity contribution in [1.29, 1.82) is 0 Å². The van der Waals surface area contributed by atoms with Crippen LogP contribution in [0.2, 0.25) is 0 Å². The van der Waals surface area contributed by atoms with Gasteiger partial charge < -0.3 is 14.8 Å². The fourth-order valence-electron chi connectivity index (χ4n) is 1.91. The molecule has 1 saturated heterocycles. The molecular weight excluding hydrogens is 363 g/mol. The first-order valence-electron chi connectivity index (χ1n) is 5.99. The van der Waals surface area contributed by atoms with Crippen molar-refractivity contribution in [1.82, 2.24) is 5.32 Å². The van der Waals surface area contributed by atoms with Gasteiger partial charge in [0, 0.05) is 22.7 Å². The van der Waals surface area contributed by atoms with Gasteiger partial charge in [0.25, 0.3) is 0 Å². The molecule has 1 aliphatic heterocycles. The number of ether oxygens (including phenoxy) is 2. The molecule has 104 valence electrons. The van der Waals surface area contributed by atoms with E-state index in [9.17, 15) is 10.1 Å². The predicted octanol–water partition coefficient (Wildman–Crippen LogP) is 1.96. The van der Waals surface area contributed by atoms with E-state index >= 15 is 0 Å². The maximum Gasteiger partial charge on any atom is 0.311 e. The molecule has 0 radical (unpaired) electrons. The van der Waals surface area contributed by atoms with Gasteiger partial charge in [0.2, 0.25) is 0 Å². The molecule has 19 heavy (non-hydrogen) atoms. The Hall–Kier alpha value is -0.930. The first kappa shape index (κ1) is 14.5. The average molecular weight is 378 g/mol. The van der Waals surface area contributed by atoms with E-state index in [0.29, 0.717) is 13.2 Å². The Balaban J connectivity index is 2.01. The third-order valence-corrected chi connectivity index (χ3v) is 3.44. The number of nitro benzene ring substituents is 1. The van der Waals surface area contributed by atoms with E-state index in [1.807, 2.05) is 29.5 Å². The highest BCUT2D eigenvalue weighted by Crippen LogP contribution is 2.28. The summed E-state index contributed by atoms with van der Waals surface area (Å²) in [5.74, 6) is 0.284. The van der Waals surface area contributed by atoms with E-state index in [0.717, 1.165) is 10.1 Å². The number of hydrogen-bond donors (Lipinski definition) is 1. The summed E-state index contributed by atoms with van der Waals surface area (Å²) < 4.78 is 12.0. The number of hydrogen-bond acceptors (Lipinski definition) is 5. The zero-order chi connectivity index (χ0) is 13.8. The SMILES string of the molecule is CC1CNCC(COc2ccc(I)cc2[N+](=O)[O-])O1. The van der Waals surface area contributed by atoms with E-state index in [1.165, 1.54) is 6.07 Å². The van der Waals surface area contributed by atoms with Crippen LogP contribution in [0.5, 0.6) is 5.75 Å². The van der Waals surface area contributed by atoms with Crippen molar-refractivity contribution in [2.75, 3.05) is 19.7 Å². The Labute approximate surface area is 124 Å². The van der Waals surface area contributed by atoms with Gasteiger partial charge in [-0.05, 0) is 41.6 Å². The van der Waals surface area contributed by atoms with Crippen LogP contribution >= 0.6 is 22.6 Å². The van der Waals surface area contributed by atoms with Crippen molar-refractivity contribution < 1.29 is 14.4 Å². The van der Waals surface area contributed by atoms with Crippen molar-refractivity contribution in [3.63, 3.8) is 0 Å². The van der Waals surface area contributed by atoms with Gasteiger partial charge in [-0.3, -0.25) is 10.1 Å². The summed E-state index contributed by atoms with van der Waals surface area (Å²) in [4.78, 5) is 10.5. The summed E-state index contributed by atoms with van der Waals surface area (Å²) >= 11 is 2.04. The van der Waals surface area contributed by atoms with Gasteiger partial charge in [-0.25, -0.2) is 0 Å².